The largest absolute Gasteiger partial charge is 0.457 e. The summed E-state index contributed by atoms with van der Waals surface area (Å²) in [6.45, 7) is -1.34. The fraction of sp³-hybridized carbons (Fsp3) is 0. The van der Waals surface area contributed by atoms with E-state index in [4.69, 9.17) is 4.57 Å². The molecule has 0 heterocycles. The molecule has 0 aliphatic rings. The van der Waals surface area contributed by atoms with Gasteiger partial charge in [-0.1, -0.05) is 120 Å². The Morgan fingerprint density at radius 2 is 0.571 bits per heavy atom. The Hall–Kier alpha value is -4.79. The summed E-state index contributed by atoms with van der Waals surface area (Å²) < 4.78 is 6.24. The molecule has 0 radical (unpaired) electrons. The van der Waals surface area contributed by atoms with E-state index in [0.29, 0.717) is 0 Å². The maximum atomic E-state index is 6.24. The van der Waals surface area contributed by atoms with Crippen LogP contribution < -0.4 is 0 Å². The Bertz CT molecular complexity index is 1240. The van der Waals surface area contributed by atoms with E-state index < -0.39 is 13.8 Å². The predicted octanol–water partition coefficient (Wildman–Crippen LogP) is 5.35. The quantitative estimate of drug-likeness (QED) is 0.301. The average molecular weight is 442 g/mol. The molecule has 1 nitrogen and oxygen atoms in total. The molecule has 4 aromatic rings. The monoisotopic (exact) mass is 442 g/mol. The van der Waals surface area contributed by atoms with Crippen LogP contribution in [-0.4, -0.2) is 13.8 Å². The molecule has 0 saturated heterocycles. The number of hydrogen-bond acceptors (Lipinski definition) is 1. The van der Waals surface area contributed by atoms with E-state index in [-0.39, 0.29) is 0 Å². The van der Waals surface area contributed by atoms with Crippen LogP contribution in [0.15, 0.2) is 121 Å². The summed E-state index contributed by atoms with van der Waals surface area (Å²) in [4.78, 5) is 0. The maximum Gasteiger partial charge on any atom is 0.455 e. The molecule has 0 spiro atoms. The fourth-order valence-electron chi connectivity index (χ4n) is 3.03. The van der Waals surface area contributed by atoms with Crippen LogP contribution in [-0.2, 0) is 4.57 Å². The first-order chi connectivity index (χ1) is 17.3. The molecule has 0 bridgehead atoms. The molecule has 0 atom stereocenters. The van der Waals surface area contributed by atoms with Crippen molar-refractivity contribution in [3.63, 3.8) is 0 Å². The van der Waals surface area contributed by atoms with Gasteiger partial charge >= 0.3 is 13.8 Å². The molecule has 160 valence electrons. The molecule has 0 aliphatic heterocycles. The third kappa shape index (κ3) is 8.25. The van der Waals surface area contributed by atoms with Crippen molar-refractivity contribution in [3.8, 4) is 47.0 Å². The molecule has 0 unspecified atom stereocenters. The molecule has 0 aromatic heterocycles. The highest BCUT2D eigenvalue weighted by molar-refractivity contribution is 6.82. The van der Waals surface area contributed by atoms with Gasteiger partial charge in [0.2, 0.25) is 0 Å². The van der Waals surface area contributed by atoms with Crippen LogP contribution in [0.1, 0.15) is 22.3 Å². The Morgan fingerprint density at radius 3 is 0.800 bits per heavy atom. The van der Waals surface area contributed by atoms with E-state index in [1.165, 1.54) is 0 Å². The third-order valence-electron chi connectivity index (χ3n) is 4.76. The van der Waals surface area contributed by atoms with E-state index in [1.807, 2.05) is 121 Å². The van der Waals surface area contributed by atoms with Crippen molar-refractivity contribution in [2.24, 2.45) is 0 Å². The van der Waals surface area contributed by atoms with E-state index in [9.17, 15) is 0 Å². The summed E-state index contributed by atoms with van der Waals surface area (Å²) in [6.07, 6.45) is 0. The molecular weight excluding hydrogens is 422 g/mol. The topological polar surface area (TPSA) is 9.23 Å². The van der Waals surface area contributed by atoms with Gasteiger partial charge in [-0.3, -0.25) is 0 Å². The Balaban J connectivity index is 1.65. The van der Waals surface area contributed by atoms with Crippen LogP contribution in [0.25, 0.3) is 0 Å². The molecule has 0 fully saturated rings. The zero-order valence-corrected chi connectivity index (χ0v) is 19.1. The van der Waals surface area contributed by atoms with E-state index >= 15 is 0 Å². The van der Waals surface area contributed by atoms with Gasteiger partial charge in [0.1, 0.15) is 0 Å². The van der Waals surface area contributed by atoms with Gasteiger partial charge in [-0.25, -0.2) is 0 Å². The second-order valence-corrected chi connectivity index (χ2v) is 7.44. The molecule has 3 heteroatoms. The summed E-state index contributed by atoms with van der Waals surface area (Å²) in [6, 6.07) is 39.1. The van der Waals surface area contributed by atoms with Crippen LogP contribution in [0.3, 0.4) is 0 Å². The van der Waals surface area contributed by atoms with Crippen molar-refractivity contribution >= 4 is 13.8 Å². The molecule has 0 amide bonds. The van der Waals surface area contributed by atoms with Gasteiger partial charge in [-0.2, -0.15) is 0 Å². The van der Waals surface area contributed by atoms with E-state index in [0.717, 1.165) is 22.3 Å². The zero-order valence-electron chi connectivity index (χ0n) is 19.1. The molecule has 0 N–H and O–H groups in total. The maximum absolute atomic E-state index is 6.24. The minimum absolute atomic E-state index is 0.671. The van der Waals surface area contributed by atoms with Gasteiger partial charge in [-0.15, -0.1) is 0 Å². The lowest BCUT2D eigenvalue weighted by molar-refractivity contribution is 0.639. The van der Waals surface area contributed by atoms with Gasteiger partial charge in [0, 0.05) is 22.3 Å². The first-order valence-electron chi connectivity index (χ1n) is 11.3. The standard InChI is InChI=1S/C32H20B2O/c1-5-13-29(14-6-1)21-25-33(26-22-30-15-7-2-8-16-30)35-34(27-23-31-17-9-3-10-18-31)28-24-32-19-11-4-12-20-32/h1-20H. The number of rotatable bonds is 2. The van der Waals surface area contributed by atoms with Crippen molar-refractivity contribution in [2.75, 3.05) is 0 Å². The summed E-state index contributed by atoms with van der Waals surface area (Å²) in [5.41, 5.74) is 3.57. The summed E-state index contributed by atoms with van der Waals surface area (Å²) in [7, 11) is 0. The van der Waals surface area contributed by atoms with Crippen LogP contribution in [0, 0.1) is 47.0 Å². The zero-order chi connectivity index (χ0) is 24.0. The van der Waals surface area contributed by atoms with Gasteiger partial charge in [0.25, 0.3) is 0 Å². The highest BCUT2D eigenvalue weighted by Crippen LogP contribution is 2.01. The Morgan fingerprint density at radius 1 is 0.343 bits per heavy atom. The third-order valence-corrected chi connectivity index (χ3v) is 4.76. The molecule has 4 rings (SSSR count). The average Bonchev–Trinajstić information content (AvgIpc) is 2.93. The predicted molar refractivity (Wildman–Crippen MR) is 146 cm³/mol. The first kappa shape index (κ1) is 23.4. The fourth-order valence-corrected chi connectivity index (χ4v) is 3.03. The smallest absolute Gasteiger partial charge is 0.455 e. The lowest BCUT2D eigenvalue weighted by Crippen LogP contribution is -2.26. The van der Waals surface area contributed by atoms with Crippen molar-refractivity contribution < 1.29 is 4.57 Å². The summed E-state index contributed by atoms with van der Waals surface area (Å²) in [5.74, 6) is 25.2. The van der Waals surface area contributed by atoms with Gasteiger partial charge in [0.05, 0.1) is 0 Å². The number of benzene rings is 4. The minimum Gasteiger partial charge on any atom is -0.457 e. The summed E-state index contributed by atoms with van der Waals surface area (Å²) >= 11 is 0. The van der Waals surface area contributed by atoms with Crippen molar-refractivity contribution in [1.29, 1.82) is 0 Å². The minimum atomic E-state index is -0.671. The molecular formula is C32H20B2O. The van der Waals surface area contributed by atoms with E-state index in [2.05, 4.69) is 47.0 Å². The molecule has 0 saturated carbocycles. The van der Waals surface area contributed by atoms with Gasteiger partial charge < -0.3 is 4.57 Å². The van der Waals surface area contributed by atoms with Gasteiger partial charge in [0.15, 0.2) is 0 Å². The van der Waals surface area contributed by atoms with Crippen molar-refractivity contribution in [2.45, 2.75) is 0 Å². The lowest BCUT2D eigenvalue weighted by atomic mass is 9.60. The molecule has 4 aromatic carbocycles. The second kappa shape index (κ2) is 13.0. The Labute approximate surface area is 208 Å². The highest BCUT2D eigenvalue weighted by Gasteiger charge is 2.19. The van der Waals surface area contributed by atoms with Crippen molar-refractivity contribution in [1.82, 2.24) is 0 Å². The van der Waals surface area contributed by atoms with Crippen LogP contribution in [0.2, 0.25) is 0 Å². The normalized spacial score (nSPS) is 8.91. The van der Waals surface area contributed by atoms with Crippen LogP contribution >= 0.6 is 0 Å². The molecule has 35 heavy (non-hydrogen) atoms. The van der Waals surface area contributed by atoms with Gasteiger partial charge in [-0.05, 0) is 48.5 Å². The van der Waals surface area contributed by atoms with Crippen molar-refractivity contribution in [3.05, 3.63) is 144 Å². The van der Waals surface area contributed by atoms with Crippen LogP contribution in [0.4, 0.5) is 0 Å². The first-order valence-corrected chi connectivity index (χ1v) is 11.3. The Kier molecular flexibility index (Phi) is 8.71. The van der Waals surface area contributed by atoms with Crippen LogP contribution in [0.5, 0.6) is 0 Å². The molecule has 0 aliphatic carbocycles. The SMILES string of the molecule is C(#Cc1ccccc1)B(C#Cc1ccccc1)OB(C#Cc1ccccc1)C#Cc1ccccc1. The summed E-state index contributed by atoms with van der Waals surface area (Å²) in [5, 5.41) is 0. The number of hydrogen-bond donors (Lipinski definition) is 0. The van der Waals surface area contributed by atoms with E-state index in [1.54, 1.807) is 0 Å². The highest BCUT2D eigenvalue weighted by atomic mass is 16.4. The lowest BCUT2D eigenvalue weighted by Gasteiger charge is -2.03. The second-order valence-electron chi connectivity index (χ2n) is 7.44.